The molecule has 4 heteroatoms. The predicted molar refractivity (Wildman–Crippen MR) is 67.5 cm³/mol. The molecule has 1 atom stereocenters. The van der Waals surface area contributed by atoms with Gasteiger partial charge in [0.2, 0.25) is 0 Å². The van der Waals surface area contributed by atoms with Crippen LogP contribution in [0.15, 0.2) is 0 Å². The lowest BCUT2D eigenvalue weighted by atomic mass is 10.0. The normalized spacial score (nSPS) is 19.6. The van der Waals surface area contributed by atoms with Crippen LogP contribution in [-0.4, -0.2) is 49.2 Å². The van der Waals surface area contributed by atoms with Gasteiger partial charge in [0.05, 0.1) is 13.2 Å². The summed E-state index contributed by atoms with van der Waals surface area (Å²) in [4.78, 5) is 13.7. The summed E-state index contributed by atoms with van der Waals surface area (Å²) in [7, 11) is 0. The van der Waals surface area contributed by atoms with E-state index in [4.69, 9.17) is 11.2 Å². The minimum Gasteiger partial charge on any atom is -0.465 e. The first-order chi connectivity index (χ1) is 8.17. The van der Waals surface area contributed by atoms with E-state index in [-0.39, 0.29) is 12.0 Å². The standard InChI is InChI=1S/C13H22N2O2/c1-4-8-15-9-6-12(7-10-15)14-11(3)13(16)17-5-2/h1,11-12,14H,5-10H2,2-3H3. The van der Waals surface area contributed by atoms with Gasteiger partial charge < -0.3 is 10.1 Å². The highest BCUT2D eigenvalue weighted by molar-refractivity contribution is 5.75. The first-order valence-corrected chi connectivity index (χ1v) is 6.25. The number of hydrogen-bond acceptors (Lipinski definition) is 4. The minimum atomic E-state index is -0.223. The molecule has 1 aliphatic heterocycles. The van der Waals surface area contributed by atoms with Gasteiger partial charge in [0.15, 0.2) is 0 Å². The highest BCUT2D eigenvalue weighted by atomic mass is 16.5. The lowest BCUT2D eigenvalue weighted by Gasteiger charge is -2.32. The Morgan fingerprint density at radius 3 is 2.76 bits per heavy atom. The molecule has 1 aliphatic rings. The van der Waals surface area contributed by atoms with Crippen molar-refractivity contribution < 1.29 is 9.53 Å². The zero-order valence-electron chi connectivity index (χ0n) is 10.7. The van der Waals surface area contributed by atoms with E-state index in [0.29, 0.717) is 12.6 Å². The molecule has 17 heavy (non-hydrogen) atoms. The Bertz CT molecular complexity index is 278. The van der Waals surface area contributed by atoms with E-state index in [1.54, 1.807) is 0 Å². The molecule has 4 nitrogen and oxygen atoms in total. The van der Waals surface area contributed by atoms with Gasteiger partial charge in [0, 0.05) is 19.1 Å². The van der Waals surface area contributed by atoms with Gasteiger partial charge in [-0.25, -0.2) is 0 Å². The van der Waals surface area contributed by atoms with Crippen molar-refractivity contribution in [2.75, 3.05) is 26.2 Å². The van der Waals surface area contributed by atoms with E-state index in [0.717, 1.165) is 32.5 Å². The molecule has 0 amide bonds. The zero-order chi connectivity index (χ0) is 12.7. The monoisotopic (exact) mass is 238 g/mol. The molecule has 1 N–H and O–H groups in total. The van der Waals surface area contributed by atoms with Crippen LogP contribution in [0.25, 0.3) is 0 Å². The number of likely N-dealkylation sites (tertiary alicyclic amines) is 1. The maximum absolute atomic E-state index is 11.5. The van der Waals surface area contributed by atoms with E-state index < -0.39 is 0 Å². The van der Waals surface area contributed by atoms with Crippen molar-refractivity contribution in [3.8, 4) is 12.3 Å². The summed E-state index contributed by atoms with van der Waals surface area (Å²) >= 11 is 0. The predicted octanol–water partition coefficient (Wildman–Crippen LogP) is 0.625. The van der Waals surface area contributed by atoms with Crippen molar-refractivity contribution in [1.29, 1.82) is 0 Å². The summed E-state index contributed by atoms with van der Waals surface area (Å²) in [5.74, 6) is 2.49. The van der Waals surface area contributed by atoms with Gasteiger partial charge in [-0.2, -0.15) is 0 Å². The fraction of sp³-hybridized carbons (Fsp3) is 0.769. The van der Waals surface area contributed by atoms with Crippen LogP contribution in [0, 0.1) is 12.3 Å². The van der Waals surface area contributed by atoms with Crippen LogP contribution in [-0.2, 0) is 9.53 Å². The fourth-order valence-corrected chi connectivity index (χ4v) is 2.08. The van der Waals surface area contributed by atoms with E-state index in [1.165, 1.54) is 0 Å². The third kappa shape index (κ3) is 4.76. The molecule has 1 heterocycles. The second-order valence-corrected chi connectivity index (χ2v) is 4.39. The summed E-state index contributed by atoms with van der Waals surface area (Å²) in [6.45, 7) is 6.83. The molecule has 1 unspecified atom stereocenters. The molecule has 1 saturated heterocycles. The third-order valence-electron chi connectivity index (χ3n) is 3.03. The Balaban J connectivity index is 2.26. The molecule has 0 aromatic carbocycles. The number of esters is 1. The van der Waals surface area contributed by atoms with Crippen molar-refractivity contribution in [1.82, 2.24) is 10.2 Å². The number of rotatable bonds is 5. The second-order valence-electron chi connectivity index (χ2n) is 4.39. The van der Waals surface area contributed by atoms with Crippen molar-refractivity contribution in [2.24, 2.45) is 0 Å². The maximum atomic E-state index is 11.5. The van der Waals surface area contributed by atoms with Gasteiger partial charge in [-0.05, 0) is 26.7 Å². The molecule has 0 spiro atoms. The topological polar surface area (TPSA) is 41.6 Å². The van der Waals surface area contributed by atoms with Crippen LogP contribution in [0.2, 0.25) is 0 Å². The summed E-state index contributed by atoms with van der Waals surface area (Å²) < 4.78 is 4.97. The number of carbonyl (C=O) groups is 1. The SMILES string of the molecule is C#CCN1CCC(NC(C)C(=O)OCC)CC1. The Morgan fingerprint density at radius 1 is 1.59 bits per heavy atom. The molecular weight excluding hydrogens is 216 g/mol. The first kappa shape index (κ1) is 14.0. The number of terminal acetylenes is 1. The Labute approximate surface area is 104 Å². The lowest BCUT2D eigenvalue weighted by Crippen LogP contribution is -2.48. The molecule has 1 rings (SSSR count). The van der Waals surface area contributed by atoms with Crippen LogP contribution in [0.4, 0.5) is 0 Å². The smallest absolute Gasteiger partial charge is 0.322 e. The van der Waals surface area contributed by atoms with Crippen LogP contribution in [0.3, 0.4) is 0 Å². The largest absolute Gasteiger partial charge is 0.465 e. The molecule has 1 fully saturated rings. The summed E-state index contributed by atoms with van der Waals surface area (Å²) in [6, 6.07) is 0.169. The summed E-state index contributed by atoms with van der Waals surface area (Å²) in [5.41, 5.74) is 0. The number of carbonyl (C=O) groups excluding carboxylic acids is 1. The van der Waals surface area contributed by atoms with Gasteiger partial charge in [0.1, 0.15) is 6.04 Å². The van der Waals surface area contributed by atoms with Crippen LogP contribution < -0.4 is 5.32 Å². The average Bonchev–Trinajstić information content (AvgIpc) is 2.32. The second kappa shape index (κ2) is 7.31. The minimum absolute atomic E-state index is 0.168. The number of piperidine rings is 1. The van der Waals surface area contributed by atoms with Crippen molar-refractivity contribution in [3.63, 3.8) is 0 Å². The van der Waals surface area contributed by atoms with E-state index in [2.05, 4.69) is 16.1 Å². The highest BCUT2D eigenvalue weighted by Gasteiger charge is 2.22. The van der Waals surface area contributed by atoms with Crippen molar-refractivity contribution >= 4 is 5.97 Å². The van der Waals surface area contributed by atoms with Gasteiger partial charge >= 0.3 is 5.97 Å². The van der Waals surface area contributed by atoms with Gasteiger partial charge in [-0.3, -0.25) is 9.69 Å². The molecule has 0 radical (unpaired) electrons. The first-order valence-electron chi connectivity index (χ1n) is 6.25. The van der Waals surface area contributed by atoms with E-state index >= 15 is 0 Å². The number of ether oxygens (including phenoxy) is 1. The number of nitrogens with zero attached hydrogens (tertiary/aromatic N) is 1. The lowest BCUT2D eigenvalue weighted by molar-refractivity contribution is -0.145. The Kier molecular flexibility index (Phi) is 6.03. The highest BCUT2D eigenvalue weighted by Crippen LogP contribution is 2.10. The maximum Gasteiger partial charge on any atom is 0.322 e. The van der Waals surface area contributed by atoms with E-state index in [9.17, 15) is 4.79 Å². The molecule has 0 bridgehead atoms. The molecule has 0 aromatic heterocycles. The summed E-state index contributed by atoms with van der Waals surface area (Å²) in [5, 5.41) is 3.31. The van der Waals surface area contributed by atoms with Gasteiger partial charge in [-0.1, -0.05) is 5.92 Å². The Morgan fingerprint density at radius 2 is 2.24 bits per heavy atom. The van der Waals surface area contributed by atoms with E-state index in [1.807, 2.05) is 13.8 Å². The quantitative estimate of drug-likeness (QED) is 0.563. The van der Waals surface area contributed by atoms with Crippen molar-refractivity contribution in [3.05, 3.63) is 0 Å². The van der Waals surface area contributed by atoms with Crippen LogP contribution in [0.5, 0.6) is 0 Å². The van der Waals surface area contributed by atoms with Crippen LogP contribution >= 0.6 is 0 Å². The number of hydrogen-bond donors (Lipinski definition) is 1. The molecule has 0 saturated carbocycles. The molecule has 0 aliphatic carbocycles. The van der Waals surface area contributed by atoms with Crippen molar-refractivity contribution in [2.45, 2.75) is 38.8 Å². The fourth-order valence-electron chi connectivity index (χ4n) is 2.08. The molecule has 96 valence electrons. The zero-order valence-corrected chi connectivity index (χ0v) is 10.7. The van der Waals surface area contributed by atoms with Gasteiger partial charge in [0.25, 0.3) is 0 Å². The Hall–Kier alpha value is -1.05. The third-order valence-corrected chi connectivity index (χ3v) is 3.03. The number of nitrogens with one attached hydrogen (secondary N) is 1. The molecular formula is C13H22N2O2. The average molecular weight is 238 g/mol. The summed E-state index contributed by atoms with van der Waals surface area (Å²) in [6.07, 6.45) is 7.35. The van der Waals surface area contributed by atoms with Crippen LogP contribution in [0.1, 0.15) is 26.7 Å². The van der Waals surface area contributed by atoms with Gasteiger partial charge in [-0.15, -0.1) is 6.42 Å². The molecule has 0 aromatic rings.